The fraction of sp³-hybridized carbons (Fsp3) is 0.188. The van der Waals surface area contributed by atoms with Crippen LogP contribution in [0.5, 0.6) is 0 Å². The van der Waals surface area contributed by atoms with Crippen LogP contribution in [-0.4, -0.2) is 10.9 Å². The van der Waals surface area contributed by atoms with E-state index in [1.807, 2.05) is 36.4 Å². The number of rotatable bonds is 4. The quantitative estimate of drug-likeness (QED) is 0.892. The molecule has 2 heteroatoms. The van der Waals surface area contributed by atoms with Crippen molar-refractivity contribution in [3.05, 3.63) is 71.8 Å². The molecule has 1 N–H and O–H groups in total. The number of Topliss-reactive ketones (excluding diaryl/α,β-unsaturated/α-hetero) is 1. The van der Waals surface area contributed by atoms with Crippen molar-refractivity contribution in [3.8, 4) is 0 Å². The second-order valence-electron chi connectivity index (χ2n) is 4.22. The van der Waals surface area contributed by atoms with Crippen LogP contribution in [0.4, 0.5) is 0 Å². The number of carbonyl (C=O) groups is 1. The fourth-order valence-electron chi connectivity index (χ4n) is 2.10. The van der Waals surface area contributed by atoms with Gasteiger partial charge in [-0.25, -0.2) is 0 Å². The third kappa shape index (κ3) is 2.07. The molecule has 2 nitrogen and oxygen atoms in total. The van der Waals surface area contributed by atoms with Crippen LogP contribution in [0.3, 0.4) is 0 Å². The number of ketones is 1. The van der Waals surface area contributed by atoms with Gasteiger partial charge < -0.3 is 5.11 Å². The van der Waals surface area contributed by atoms with Gasteiger partial charge in [0.25, 0.3) is 0 Å². The van der Waals surface area contributed by atoms with E-state index in [1.165, 1.54) is 0 Å². The van der Waals surface area contributed by atoms with Gasteiger partial charge in [0.2, 0.25) is 0 Å². The lowest BCUT2D eigenvalue weighted by Gasteiger charge is -2.27. The number of aliphatic hydroxyl groups is 1. The predicted molar refractivity (Wildman–Crippen MR) is 71.2 cm³/mol. The molecule has 0 aliphatic rings. The van der Waals surface area contributed by atoms with Gasteiger partial charge in [-0.15, -0.1) is 0 Å². The molecule has 0 saturated carbocycles. The van der Waals surface area contributed by atoms with E-state index >= 15 is 0 Å². The molecule has 0 radical (unpaired) electrons. The first kappa shape index (κ1) is 12.5. The second kappa shape index (κ2) is 5.15. The number of hydrogen-bond acceptors (Lipinski definition) is 2. The molecule has 92 valence electrons. The maximum absolute atomic E-state index is 12.2. The molecule has 0 unspecified atom stereocenters. The molecule has 2 aromatic carbocycles. The Morgan fingerprint density at radius 2 is 1.33 bits per heavy atom. The largest absolute Gasteiger partial charge is 0.373 e. The third-order valence-corrected chi connectivity index (χ3v) is 3.11. The minimum atomic E-state index is -1.54. The zero-order valence-electron chi connectivity index (χ0n) is 10.3. The van der Waals surface area contributed by atoms with Gasteiger partial charge in [0, 0.05) is 6.42 Å². The van der Waals surface area contributed by atoms with Crippen LogP contribution in [0.25, 0.3) is 0 Å². The van der Waals surface area contributed by atoms with E-state index in [0.717, 1.165) is 0 Å². The van der Waals surface area contributed by atoms with E-state index in [1.54, 1.807) is 31.2 Å². The average molecular weight is 240 g/mol. The monoisotopic (exact) mass is 240 g/mol. The number of benzene rings is 2. The van der Waals surface area contributed by atoms with E-state index in [4.69, 9.17) is 0 Å². The number of carbonyl (C=O) groups excluding carboxylic acids is 1. The average Bonchev–Trinajstić information content (AvgIpc) is 2.47. The van der Waals surface area contributed by atoms with Crippen molar-refractivity contribution in [2.75, 3.05) is 0 Å². The molecule has 0 aliphatic carbocycles. The Morgan fingerprint density at radius 3 is 1.67 bits per heavy atom. The second-order valence-corrected chi connectivity index (χ2v) is 4.22. The molecule has 0 aromatic heterocycles. The van der Waals surface area contributed by atoms with Crippen molar-refractivity contribution in [1.82, 2.24) is 0 Å². The van der Waals surface area contributed by atoms with Gasteiger partial charge in [-0.05, 0) is 11.1 Å². The summed E-state index contributed by atoms with van der Waals surface area (Å²) in [5.41, 5.74) is -0.317. The van der Waals surface area contributed by atoms with E-state index in [9.17, 15) is 9.90 Å². The molecule has 0 atom stereocenters. The molecular weight excluding hydrogens is 224 g/mol. The Balaban J connectivity index is 2.59. The smallest absolute Gasteiger partial charge is 0.173 e. The zero-order valence-corrected chi connectivity index (χ0v) is 10.3. The first-order chi connectivity index (χ1) is 8.69. The maximum Gasteiger partial charge on any atom is 0.173 e. The highest BCUT2D eigenvalue weighted by Gasteiger charge is 2.37. The zero-order chi connectivity index (χ0) is 13.0. The summed E-state index contributed by atoms with van der Waals surface area (Å²) >= 11 is 0. The van der Waals surface area contributed by atoms with Gasteiger partial charge in [0.15, 0.2) is 11.4 Å². The summed E-state index contributed by atoms with van der Waals surface area (Å²) in [5.74, 6) is -0.195. The van der Waals surface area contributed by atoms with Crippen LogP contribution in [0.1, 0.15) is 24.5 Å². The van der Waals surface area contributed by atoms with Crippen LogP contribution in [-0.2, 0) is 10.4 Å². The predicted octanol–water partition coefficient (Wildman–Crippen LogP) is 2.90. The van der Waals surface area contributed by atoms with Gasteiger partial charge in [0.1, 0.15) is 0 Å². The highest BCUT2D eigenvalue weighted by atomic mass is 16.3. The van der Waals surface area contributed by atoms with E-state index in [0.29, 0.717) is 17.5 Å². The number of hydrogen-bond donors (Lipinski definition) is 1. The van der Waals surface area contributed by atoms with Crippen LogP contribution in [0.2, 0.25) is 0 Å². The molecule has 0 fully saturated rings. The standard InChI is InChI=1S/C16H16O2/c1-2-15(17)16(18,13-9-5-3-6-10-13)14-11-7-4-8-12-14/h3-12,18H,2H2,1H3. The summed E-state index contributed by atoms with van der Waals surface area (Å²) < 4.78 is 0. The molecule has 0 amide bonds. The molecule has 2 aromatic rings. The van der Waals surface area contributed by atoms with E-state index in [-0.39, 0.29) is 5.78 Å². The summed E-state index contributed by atoms with van der Waals surface area (Å²) in [5, 5.41) is 10.9. The topological polar surface area (TPSA) is 37.3 Å². The molecule has 0 bridgehead atoms. The molecule has 0 spiro atoms. The van der Waals surface area contributed by atoms with Gasteiger partial charge in [-0.3, -0.25) is 4.79 Å². The summed E-state index contributed by atoms with van der Waals surface area (Å²) in [6.07, 6.45) is 0.292. The van der Waals surface area contributed by atoms with Gasteiger partial charge >= 0.3 is 0 Å². The molecule has 0 heterocycles. The van der Waals surface area contributed by atoms with Crippen molar-refractivity contribution < 1.29 is 9.90 Å². The lowest BCUT2D eigenvalue weighted by atomic mass is 9.82. The minimum absolute atomic E-state index is 0.195. The Labute approximate surface area is 107 Å². The lowest BCUT2D eigenvalue weighted by molar-refractivity contribution is -0.134. The Bertz CT molecular complexity index is 478. The fourth-order valence-corrected chi connectivity index (χ4v) is 2.10. The van der Waals surface area contributed by atoms with E-state index in [2.05, 4.69) is 0 Å². The molecular formula is C16H16O2. The summed E-state index contributed by atoms with van der Waals surface area (Å²) in [6, 6.07) is 18.1. The van der Waals surface area contributed by atoms with Crippen LogP contribution < -0.4 is 0 Å². The van der Waals surface area contributed by atoms with Crippen LogP contribution in [0, 0.1) is 0 Å². The summed E-state index contributed by atoms with van der Waals surface area (Å²) in [6.45, 7) is 1.76. The van der Waals surface area contributed by atoms with Gasteiger partial charge in [0.05, 0.1) is 0 Å². The Kier molecular flexibility index (Phi) is 3.58. The lowest BCUT2D eigenvalue weighted by Crippen LogP contribution is -2.36. The highest BCUT2D eigenvalue weighted by molar-refractivity contribution is 5.91. The van der Waals surface area contributed by atoms with Crippen molar-refractivity contribution in [2.45, 2.75) is 18.9 Å². The van der Waals surface area contributed by atoms with Crippen LogP contribution in [0.15, 0.2) is 60.7 Å². The first-order valence-corrected chi connectivity index (χ1v) is 6.06. The van der Waals surface area contributed by atoms with Crippen molar-refractivity contribution >= 4 is 5.78 Å². The molecule has 18 heavy (non-hydrogen) atoms. The Hall–Kier alpha value is -1.93. The third-order valence-electron chi connectivity index (χ3n) is 3.11. The molecule has 0 saturated heterocycles. The molecule has 2 rings (SSSR count). The van der Waals surface area contributed by atoms with Gasteiger partial charge in [-0.1, -0.05) is 67.6 Å². The summed E-state index contributed by atoms with van der Waals surface area (Å²) in [4.78, 5) is 12.2. The SMILES string of the molecule is CCC(=O)C(O)(c1ccccc1)c1ccccc1. The van der Waals surface area contributed by atoms with Crippen molar-refractivity contribution in [3.63, 3.8) is 0 Å². The minimum Gasteiger partial charge on any atom is -0.373 e. The first-order valence-electron chi connectivity index (χ1n) is 6.06. The summed E-state index contributed by atoms with van der Waals surface area (Å²) in [7, 11) is 0. The van der Waals surface area contributed by atoms with E-state index < -0.39 is 5.60 Å². The van der Waals surface area contributed by atoms with Crippen LogP contribution >= 0.6 is 0 Å². The normalized spacial score (nSPS) is 11.2. The van der Waals surface area contributed by atoms with Crippen molar-refractivity contribution in [1.29, 1.82) is 0 Å². The maximum atomic E-state index is 12.2. The Morgan fingerprint density at radius 1 is 0.944 bits per heavy atom. The van der Waals surface area contributed by atoms with Gasteiger partial charge in [-0.2, -0.15) is 0 Å². The van der Waals surface area contributed by atoms with Crippen molar-refractivity contribution in [2.24, 2.45) is 0 Å². The highest BCUT2D eigenvalue weighted by Crippen LogP contribution is 2.31. The molecule has 0 aliphatic heterocycles.